The van der Waals surface area contributed by atoms with Crippen molar-refractivity contribution >= 4 is 38.6 Å². The molecule has 1 fully saturated rings. The molecule has 1 aliphatic rings. The maximum atomic E-state index is 13.9. The summed E-state index contributed by atoms with van der Waals surface area (Å²) >= 11 is 0. The van der Waals surface area contributed by atoms with Gasteiger partial charge in [0.05, 0.1) is 11.3 Å². The second-order valence-electron chi connectivity index (χ2n) is 9.87. The fourth-order valence-corrected chi connectivity index (χ4v) is 6.12. The molecule has 0 saturated carbocycles. The molecular formula is C28H34N6O4S. The highest BCUT2D eigenvalue weighted by Gasteiger charge is 2.33. The van der Waals surface area contributed by atoms with Crippen molar-refractivity contribution in [2.45, 2.75) is 36.7 Å². The Morgan fingerprint density at radius 2 is 1.62 bits per heavy atom. The summed E-state index contributed by atoms with van der Waals surface area (Å²) in [4.78, 5) is 29.2. The van der Waals surface area contributed by atoms with Crippen LogP contribution in [0.5, 0.6) is 0 Å². The molecule has 4 rings (SSSR count). The summed E-state index contributed by atoms with van der Waals surface area (Å²) in [6, 6.07) is 20.1. The number of nitrogens with two attached hydrogens (primary N) is 2. The lowest BCUT2D eigenvalue weighted by Gasteiger charge is -2.36. The maximum Gasteiger partial charge on any atom is 0.241 e. The standard InChI is InChI=1S/C28H34N6O4S/c29-26(35)17-25(32-39(37,38)24-11-10-22-8-4-5-9-23(22)16-24)27(36)34(18-20-6-2-1-3-7-20)19-21-12-14-33(15-13-21)28(30)31/h1-11,16,21,25,32H,12-15,17-19H2,(H2,29,35)(H3,30,31). The Hall–Kier alpha value is -3.96. The van der Waals surface area contributed by atoms with E-state index in [0.717, 1.165) is 29.2 Å². The molecule has 10 nitrogen and oxygen atoms in total. The first kappa shape index (κ1) is 28.1. The summed E-state index contributed by atoms with van der Waals surface area (Å²) in [5.74, 6) is -1.16. The highest BCUT2D eigenvalue weighted by atomic mass is 32.2. The molecule has 0 spiro atoms. The van der Waals surface area contributed by atoms with Gasteiger partial charge in [-0.15, -0.1) is 0 Å². The Bertz CT molecular complexity index is 1440. The summed E-state index contributed by atoms with van der Waals surface area (Å²) in [6.45, 7) is 1.82. The van der Waals surface area contributed by atoms with E-state index in [-0.39, 0.29) is 23.3 Å². The van der Waals surface area contributed by atoms with Crippen molar-refractivity contribution in [1.82, 2.24) is 14.5 Å². The van der Waals surface area contributed by atoms with E-state index < -0.39 is 34.3 Å². The second kappa shape index (κ2) is 12.3. The fraction of sp³-hybridized carbons (Fsp3) is 0.321. The molecule has 1 aliphatic heterocycles. The predicted molar refractivity (Wildman–Crippen MR) is 150 cm³/mol. The van der Waals surface area contributed by atoms with Crippen molar-refractivity contribution in [3.8, 4) is 0 Å². The summed E-state index contributed by atoms with van der Waals surface area (Å²) in [5.41, 5.74) is 12.0. The average molecular weight is 551 g/mol. The van der Waals surface area contributed by atoms with E-state index in [1.165, 1.54) is 12.1 Å². The first-order chi connectivity index (χ1) is 18.6. The fourth-order valence-electron chi connectivity index (χ4n) is 4.90. The number of hydrogen-bond donors (Lipinski definition) is 4. The molecule has 3 aromatic carbocycles. The monoisotopic (exact) mass is 550 g/mol. The molecule has 39 heavy (non-hydrogen) atoms. The van der Waals surface area contributed by atoms with Crippen LogP contribution in [0.2, 0.25) is 0 Å². The molecule has 1 saturated heterocycles. The molecule has 11 heteroatoms. The van der Waals surface area contributed by atoms with Crippen LogP contribution in [0.3, 0.4) is 0 Å². The summed E-state index contributed by atoms with van der Waals surface area (Å²) in [7, 11) is -4.15. The van der Waals surface area contributed by atoms with E-state index in [2.05, 4.69) is 4.72 Å². The second-order valence-corrected chi connectivity index (χ2v) is 11.6. The third-order valence-electron chi connectivity index (χ3n) is 6.99. The van der Waals surface area contributed by atoms with E-state index in [0.29, 0.717) is 19.6 Å². The van der Waals surface area contributed by atoms with Gasteiger partial charge in [0.1, 0.15) is 6.04 Å². The molecule has 206 valence electrons. The van der Waals surface area contributed by atoms with Gasteiger partial charge in [0.15, 0.2) is 5.96 Å². The minimum atomic E-state index is -4.15. The number of carbonyl (C=O) groups excluding carboxylic acids is 2. The number of nitrogens with one attached hydrogen (secondary N) is 2. The van der Waals surface area contributed by atoms with Crippen molar-refractivity contribution in [1.29, 1.82) is 5.41 Å². The number of fused-ring (bicyclic) bond motifs is 1. The molecule has 0 bridgehead atoms. The van der Waals surface area contributed by atoms with Gasteiger partial charge in [-0.05, 0) is 47.2 Å². The molecule has 1 atom stereocenters. The van der Waals surface area contributed by atoms with Crippen LogP contribution in [0.25, 0.3) is 10.8 Å². The first-order valence-electron chi connectivity index (χ1n) is 12.8. The van der Waals surface area contributed by atoms with Crippen LogP contribution in [0.15, 0.2) is 77.7 Å². The first-order valence-corrected chi connectivity index (χ1v) is 14.3. The van der Waals surface area contributed by atoms with E-state index in [4.69, 9.17) is 16.9 Å². The highest BCUT2D eigenvalue weighted by molar-refractivity contribution is 7.89. The van der Waals surface area contributed by atoms with Crippen LogP contribution < -0.4 is 16.2 Å². The molecular weight excluding hydrogens is 516 g/mol. The zero-order valence-electron chi connectivity index (χ0n) is 21.6. The van der Waals surface area contributed by atoms with Crippen LogP contribution in [0.4, 0.5) is 0 Å². The number of carbonyl (C=O) groups is 2. The van der Waals surface area contributed by atoms with E-state index >= 15 is 0 Å². The number of amides is 2. The quantitative estimate of drug-likeness (QED) is 0.223. The van der Waals surface area contributed by atoms with Crippen molar-refractivity contribution in [3.05, 3.63) is 78.4 Å². The predicted octanol–water partition coefficient (Wildman–Crippen LogP) is 2.00. The third-order valence-corrected chi connectivity index (χ3v) is 8.46. The van der Waals surface area contributed by atoms with Gasteiger partial charge in [-0.1, -0.05) is 60.7 Å². The maximum absolute atomic E-state index is 13.9. The lowest BCUT2D eigenvalue weighted by Crippen LogP contribution is -2.51. The van der Waals surface area contributed by atoms with Gasteiger partial charge in [-0.2, -0.15) is 4.72 Å². The van der Waals surface area contributed by atoms with Crippen molar-refractivity contribution < 1.29 is 18.0 Å². The molecule has 1 heterocycles. The van der Waals surface area contributed by atoms with Gasteiger partial charge in [-0.25, -0.2) is 8.42 Å². The van der Waals surface area contributed by atoms with Gasteiger partial charge in [0, 0.05) is 26.2 Å². The van der Waals surface area contributed by atoms with Gasteiger partial charge in [0.2, 0.25) is 21.8 Å². The lowest BCUT2D eigenvalue weighted by atomic mass is 9.95. The Kier molecular flexibility index (Phi) is 8.82. The van der Waals surface area contributed by atoms with E-state index in [1.54, 1.807) is 21.9 Å². The highest BCUT2D eigenvalue weighted by Crippen LogP contribution is 2.22. The Labute approximate surface area is 228 Å². The molecule has 0 radical (unpaired) electrons. The molecule has 0 aromatic heterocycles. The number of rotatable bonds is 10. The van der Waals surface area contributed by atoms with Crippen LogP contribution in [0.1, 0.15) is 24.8 Å². The number of benzene rings is 3. The number of likely N-dealkylation sites (tertiary alicyclic amines) is 1. The SMILES string of the molecule is N=C(N)N1CCC(CN(Cc2ccccc2)C(=O)C(CC(N)=O)NS(=O)(=O)c2ccc3ccccc3c2)CC1. The van der Waals surface area contributed by atoms with Gasteiger partial charge < -0.3 is 21.3 Å². The van der Waals surface area contributed by atoms with Gasteiger partial charge in [0.25, 0.3) is 0 Å². The lowest BCUT2D eigenvalue weighted by molar-refractivity contribution is -0.136. The number of guanidine groups is 1. The topological polar surface area (TPSA) is 163 Å². The third kappa shape index (κ3) is 7.33. The average Bonchev–Trinajstić information content (AvgIpc) is 2.92. The van der Waals surface area contributed by atoms with Crippen molar-refractivity contribution in [2.24, 2.45) is 17.4 Å². The Balaban J connectivity index is 1.58. The van der Waals surface area contributed by atoms with Crippen LogP contribution >= 0.6 is 0 Å². The van der Waals surface area contributed by atoms with E-state index in [1.807, 2.05) is 48.5 Å². The van der Waals surface area contributed by atoms with Crippen LogP contribution in [-0.4, -0.2) is 61.7 Å². The molecule has 1 unspecified atom stereocenters. The number of piperidine rings is 1. The number of hydrogen-bond acceptors (Lipinski definition) is 5. The van der Waals surface area contributed by atoms with Crippen LogP contribution in [0, 0.1) is 11.3 Å². The molecule has 6 N–H and O–H groups in total. The zero-order chi connectivity index (χ0) is 28.0. The summed E-state index contributed by atoms with van der Waals surface area (Å²) in [6.07, 6.45) is 0.975. The Morgan fingerprint density at radius 1 is 0.974 bits per heavy atom. The smallest absolute Gasteiger partial charge is 0.241 e. The summed E-state index contributed by atoms with van der Waals surface area (Å²) < 4.78 is 29.2. The largest absolute Gasteiger partial charge is 0.370 e. The molecule has 2 amide bonds. The minimum absolute atomic E-state index is 0.00492. The molecule has 3 aromatic rings. The van der Waals surface area contributed by atoms with Crippen molar-refractivity contribution in [3.63, 3.8) is 0 Å². The Morgan fingerprint density at radius 3 is 2.26 bits per heavy atom. The molecule has 0 aliphatic carbocycles. The minimum Gasteiger partial charge on any atom is -0.370 e. The van der Waals surface area contributed by atoms with E-state index in [9.17, 15) is 18.0 Å². The summed E-state index contributed by atoms with van der Waals surface area (Å²) in [5, 5.41) is 9.28. The van der Waals surface area contributed by atoms with Crippen molar-refractivity contribution in [2.75, 3.05) is 19.6 Å². The number of primary amides is 1. The van der Waals surface area contributed by atoms with Gasteiger partial charge >= 0.3 is 0 Å². The van der Waals surface area contributed by atoms with Crippen LogP contribution in [-0.2, 0) is 26.2 Å². The zero-order valence-corrected chi connectivity index (χ0v) is 22.4. The normalized spacial score (nSPS) is 15.1. The number of nitrogens with zero attached hydrogens (tertiary/aromatic N) is 2. The number of sulfonamides is 1. The van der Waals surface area contributed by atoms with Gasteiger partial charge in [-0.3, -0.25) is 15.0 Å².